The summed E-state index contributed by atoms with van der Waals surface area (Å²) in [4.78, 5) is 0.117. The second kappa shape index (κ2) is 4.98. The summed E-state index contributed by atoms with van der Waals surface area (Å²) < 4.78 is 5.53. The topological polar surface area (TPSA) is 67.9 Å². The fourth-order valence-electron chi connectivity index (χ4n) is 1.32. The fourth-order valence-corrected chi connectivity index (χ4v) is 1.32. The predicted octanol–water partition coefficient (Wildman–Crippen LogP) is 3.46. The van der Waals surface area contributed by atoms with Crippen LogP contribution in [0.5, 0.6) is 11.5 Å². The van der Waals surface area contributed by atoms with E-state index in [0.29, 0.717) is 11.5 Å². The highest BCUT2D eigenvalue weighted by atomic mass is 16.6. The predicted molar refractivity (Wildman–Crippen MR) is 60.5 cm³/mol. The van der Waals surface area contributed by atoms with Crippen LogP contribution in [0.2, 0.25) is 0 Å². The Morgan fingerprint density at radius 3 is 2.12 bits per heavy atom. The maximum atomic E-state index is 10.9. The van der Waals surface area contributed by atoms with Gasteiger partial charge in [-0.1, -0.05) is 18.2 Å². The average molecular weight is 230 g/mol. The first kappa shape index (κ1) is 10.9. The van der Waals surface area contributed by atoms with Gasteiger partial charge in [-0.05, 0) is 29.1 Å². The third kappa shape index (κ3) is 2.72. The first-order valence-corrected chi connectivity index (χ1v) is 4.95. The third-order valence-electron chi connectivity index (χ3n) is 2.12. The van der Waals surface area contributed by atoms with Crippen LogP contribution < -0.4 is 4.74 Å². The van der Waals surface area contributed by atoms with Gasteiger partial charge in [0.25, 0.3) is 0 Å². The number of benzene rings is 2. The van der Waals surface area contributed by atoms with Gasteiger partial charge in [0.2, 0.25) is 11.0 Å². The smallest absolute Gasteiger partial charge is 0.248 e. The fraction of sp³-hybridized carbons (Fsp3) is 0. The lowest BCUT2D eigenvalue weighted by molar-refractivity contribution is -0.473. The second-order valence-electron chi connectivity index (χ2n) is 3.27. The molecule has 0 fully saturated rings. The number of rotatable bonds is 3. The Morgan fingerprint density at radius 1 is 0.941 bits per heavy atom. The van der Waals surface area contributed by atoms with Crippen molar-refractivity contribution in [1.82, 2.24) is 0 Å². The first-order chi connectivity index (χ1) is 8.29. The summed E-state index contributed by atoms with van der Waals surface area (Å²) in [6.07, 6.45) is 0. The SMILES string of the molecule is [O-]/[N+](=N\O)c1ccc(Oc2ccccc2)cc1. The summed E-state index contributed by atoms with van der Waals surface area (Å²) in [7, 11) is 0. The van der Waals surface area contributed by atoms with Crippen molar-refractivity contribution in [3.63, 3.8) is 0 Å². The van der Waals surface area contributed by atoms with Crippen molar-refractivity contribution in [2.45, 2.75) is 0 Å². The number of nitrogens with zero attached hydrogens (tertiary/aromatic N) is 2. The van der Waals surface area contributed by atoms with Crippen LogP contribution in [0, 0.1) is 5.21 Å². The Hall–Kier alpha value is -2.56. The van der Waals surface area contributed by atoms with E-state index < -0.39 is 0 Å². The monoisotopic (exact) mass is 230 g/mol. The van der Waals surface area contributed by atoms with Gasteiger partial charge in [-0.15, -0.1) is 0 Å². The molecule has 5 heteroatoms. The van der Waals surface area contributed by atoms with Gasteiger partial charge in [0.15, 0.2) is 0 Å². The molecule has 2 rings (SSSR count). The van der Waals surface area contributed by atoms with Gasteiger partial charge < -0.3 is 15.2 Å². The Bertz CT molecular complexity index is 509. The molecule has 17 heavy (non-hydrogen) atoms. The van der Waals surface area contributed by atoms with Crippen LogP contribution in [0.15, 0.2) is 59.9 Å². The standard InChI is InChI=1S/C12H10N2O3/c15-13-14(16)10-6-8-12(9-7-10)17-11-4-2-1-3-5-11/h1-9,15H/b14-13-. The Labute approximate surface area is 97.8 Å². The van der Waals surface area contributed by atoms with E-state index in [1.54, 1.807) is 12.1 Å². The van der Waals surface area contributed by atoms with Gasteiger partial charge in [-0.25, -0.2) is 0 Å². The summed E-state index contributed by atoms with van der Waals surface area (Å²) >= 11 is 0. The molecule has 0 aromatic heterocycles. The van der Waals surface area contributed by atoms with Crippen LogP contribution in [0.25, 0.3) is 0 Å². The number of ether oxygens (including phenoxy) is 1. The lowest BCUT2D eigenvalue weighted by atomic mass is 10.3. The lowest BCUT2D eigenvalue weighted by Gasteiger charge is -2.04. The summed E-state index contributed by atoms with van der Waals surface area (Å²) in [5.41, 5.74) is 0.230. The quantitative estimate of drug-likeness (QED) is 0.498. The van der Waals surface area contributed by atoms with Crippen LogP contribution >= 0.6 is 0 Å². The van der Waals surface area contributed by atoms with Crippen LogP contribution in [0.3, 0.4) is 0 Å². The van der Waals surface area contributed by atoms with E-state index in [1.165, 1.54) is 12.1 Å². The molecule has 0 heterocycles. The van der Waals surface area contributed by atoms with Gasteiger partial charge >= 0.3 is 0 Å². The molecule has 2 aromatic carbocycles. The highest BCUT2D eigenvalue weighted by Crippen LogP contribution is 2.23. The molecule has 0 amide bonds. The molecule has 0 bridgehead atoms. The number of hydrogen-bond donors (Lipinski definition) is 1. The summed E-state index contributed by atoms with van der Waals surface area (Å²) in [5.74, 6) is 1.32. The number of para-hydroxylation sites is 1. The Kier molecular flexibility index (Phi) is 3.20. The zero-order valence-corrected chi connectivity index (χ0v) is 8.85. The molecule has 0 atom stereocenters. The van der Waals surface area contributed by atoms with E-state index in [2.05, 4.69) is 5.28 Å². The van der Waals surface area contributed by atoms with E-state index in [9.17, 15) is 5.21 Å². The maximum absolute atomic E-state index is 10.9. The molecule has 2 aromatic rings. The molecule has 1 N–H and O–H groups in total. The lowest BCUT2D eigenvalue weighted by Crippen LogP contribution is -1.90. The van der Waals surface area contributed by atoms with Crippen molar-refractivity contribution in [3.8, 4) is 11.5 Å². The molecular formula is C12H10N2O3. The summed E-state index contributed by atoms with van der Waals surface area (Å²) in [5, 5.41) is 21.8. The van der Waals surface area contributed by atoms with E-state index in [-0.39, 0.29) is 10.5 Å². The highest BCUT2D eigenvalue weighted by Gasteiger charge is 2.04. The highest BCUT2D eigenvalue weighted by molar-refractivity contribution is 5.38. The third-order valence-corrected chi connectivity index (χ3v) is 2.12. The van der Waals surface area contributed by atoms with Crippen LogP contribution in [0.4, 0.5) is 5.69 Å². The Balaban J connectivity index is 2.14. The van der Waals surface area contributed by atoms with Gasteiger partial charge in [0.05, 0.1) is 0 Å². The molecule has 0 aliphatic rings. The molecular weight excluding hydrogens is 220 g/mol. The second-order valence-corrected chi connectivity index (χ2v) is 3.27. The van der Waals surface area contributed by atoms with Crippen molar-refractivity contribution >= 4 is 5.69 Å². The maximum Gasteiger partial charge on any atom is 0.248 e. The molecule has 0 saturated heterocycles. The van der Waals surface area contributed by atoms with E-state index in [1.807, 2.05) is 30.3 Å². The molecule has 0 aliphatic carbocycles. The van der Waals surface area contributed by atoms with Crippen LogP contribution in [0.1, 0.15) is 0 Å². The molecule has 5 nitrogen and oxygen atoms in total. The molecule has 0 spiro atoms. The minimum Gasteiger partial charge on any atom is -0.592 e. The van der Waals surface area contributed by atoms with E-state index >= 15 is 0 Å². The van der Waals surface area contributed by atoms with Crippen LogP contribution in [-0.2, 0) is 0 Å². The first-order valence-electron chi connectivity index (χ1n) is 4.95. The molecule has 86 valence electrons. The van der Waals surface area contributed by atoms with Gasteiger partial charge in [0, 0.05) is 12.1 Å². The van der Waals surface area contributed by atoms with E-state index in [4.69, 9.17) is 9.94 Å². The van der Waals surface area contributed by atoms with Crippen molar-refractivity contribution in [2.24, 2.45) is 5.28 Å². The van der Waals surface area contributed by atoms with Crippen molar-refractivity contribution < 1.29 is 14.8 Å². The zero-order chi connectivity index (χ0) is 12.1. The van der Waals surface area contributed by atoms with E-state index in [0.717, 1.165) is 0 Å². The van der Waals surface area contributed by atoms with Crippen molar-refractivity contribution in [1.29, 1.82) is 0 Å². The van der Waals surface area contributed by atoms with Gasteiger partial charge in [-0.3, -0.25) is 0 Å². The number of hydrogen-bond acceptors (Lipinski definition) is 3. The summed E-state index contributed by atoms with van der Waals surface area (Å²) in [6.45, 7) is 0. The van der Waals surface area contributed by atoms with Crippen molar-refractivity contribution in [2.75, 3.05) is 0 Å². The van der Waals surface area contributed by atoms with Crippen LogP contribution in [-0.4, -0.2) is 10.1 Å². The van der Waals surface area contributed by atoms with Gasteiger partial charge in [-0.2, -0.15) is 0 Å². The molecule has 0 radical (unpaired) electrons. The molecule has 0 unspecified atom stereocenters. The average Bonchev–Trinajstić information content (AvgIpc) is 2.40. The summed E-state index contributed by atoms with van der Waals surface area (Å²) in [6, 6.07) is 15.6. The zero-order valence-electron chi connectivity index (χ0n) is 8.85. The minimum atomic E-state index is 0.117. The normalized spacial score (nSPS) is 11.2. The Morgan fingerprint density at radius 2 is 1.53 bits per heavy atom. The minimum absolute atomic E-state index is 0.117. The molecule has 0 aliphatic heterocycles. The largest absolute Gasteiger partial charge is 0.592 e. The van der Waals surface area contributed by atoms with Gasteiger partial charge in [0.1, 0.15) is 11.5 Å². The molecule has 0 saturated carbocycles. The van der Waals surface area contributed by atoms with Crippen molar-refractivity contribution in [3.05, 3.63) is 59.8 Å².